The van der Waals surface area contributed by atoms with Crippen LogP contribution < -0.4 is 4.74 Å². The van der Waals surface area contributed by atoms with E-state index in [-0.39, 0.29) is 5.91 Å². The van der Waals surface area contributed by atoms with Crippen LogP contribution in [0.5, 0.6) is 5.75 Å². The van der Waals surface area contributed by atoms with Gasteiger partial charge in [0, 0.05) is 24.8 Å². The molecule has 0 spiro atoms. The summed E-state index contributed by atoms with van der Waals surface area (Å²) in [6.07, 6.45) is 1.04. The maximum atomic E-state index is 12.4. The molecular weight excluding hydrogens is 318 g/mol. The number of carbonyl (C=O) groups excluding carboxylic acids is 1. The molecule has 0 N–H and O–H groups in total. The second-order valence-electron chi connectivity index (χ2n) is 6.08. The number of hydrogen-bond acceptors (Lipinski definition) is 3. The molecular formula is C20H23NO2S. The number of hydrogen-bond donors (Lipinski definition) is 0. The zero-order valence-corrected chi connectivity index (χ0v) is 14.8. The first kappa shape index (κ1) is 16.9. The van der Waals surface area contributed by atoms with Crippen molar-refractivity contribution in [1.82, 2.24) is 4.90 Å². The molecule has 1 atom stereocenters. The van der Waals surface area contributed by atoms with E-state index < -0.39 is 0 Å². The van der Waals surface area contributed by atoms with Gasteiger partial charge in [0.05, 0.1) is 12.9 Å². The number of methoxy groups -OCH3 is 1. The Kier molecular flexibility index (Phi) is 5.81. The van der Waals surface area contributed by atoms with E-state index >= 15 is 0 Å². The van der Waals surface area contributed by atoms with E-state index in [1.54, 1.807) is 18.9 Å². The van der Waals surface area contributed by atoms with E-state index in [1.807, 2.05) is 35.2 Å². The smallest absolute Gasteiger partial charge is 0.232 e. The Labute approximate surface area is 148 Å². The van der Waals surface area contributed by atoms with Gasteiger partial charge < -0.3 is 9.64 Å². The molecule has 3 rings (SSSR count). The van der Waals surface area contributed by atoms with Gasteiger partial charge in [0.2, 0.25) is 5.91 Å². The number of ether oxygens (including phenoxy) is 1. The van der Waals surface area contributed by atoms with Crippen LogP contribution in [0.1, 0.15) is 23.5 Å². The van der Waals surface area contributed by atoms with Crippen LogP contribution in [0.4, 0.5) is 0 Å². The van der Waals surface area contributed by atoms with Gasteiger partial charge in [0.25, 0.3) is 0 Å². The molecule has 1 amide bonds. The van der Waals surface area contributed by atoms with Crippen LogP contribution in [0, 0.1) is 0 Å². The molecule has 0 aromatic heterocycles. The van der Waals surface area contributed by atoms with E-state index in [9.17, 15) is 4.79 Å². The molecule has 1 heterocycles. The third kappa shape index (κ3) is 4.32. The predicted octanol–water partition coefficient (Wildman–Crippen LogP) is 3.94. The molecule has 4 heteroatoms. The van der Waals surface area contributed by atoms with Crippen molar-refractivity contribution in [2.45, 2.75) is 18.1 Å². The van der Waals surface area contributed by atoms with Gasteiger partial charge in [0.15, 0.2) is 0 Å². The van der Waals surface area contributed by atoms with Crippen molar-refractivity contribution in [2.75, 3.05) is 26.0 Å². The van der Waals surface area contributed by atoms with Crippen LogP contribution in [0.2, 0.25) is 0 Å². The summed E-state index contributed by atoms with van der Waals surface area (Å²) in [6, 6.07) is 18.5. The lowest BCUT2D eigenvalue weighted by Crippen LogP contribution is -2.30. The SMILES string of the molecule is COc1ccc(C2CCN(C(=O)CSCc3ccccc3)C2)cc1. The summed E-state index contributed by atoms with van der Waals surface area (Å²) in [6.45, 7) is 1.69. The highest BCUT2D eigenvalue weighted by molar-refractivity contribution is 7.99. The standard InChI is InChI=1S/C20H23NO2S/c1-23-19-9-7-17(8-10-19)18-11-12-21(13-18)20(22)15-24-14-16-5-3-2-4-6-16/h2-10,18H,11-15H2,1H3. The van der Waals surface area contributed by atoms with Gasteiger partial charge in [-0.2, -0.15) is 0 Å². The number of rotatable bonds is 6. The van der Waals surface area contributed by atoms with Gasteiger partial charge in [0.1, 0.15) is 5.75 Å². The van der Waals surface area contributed by atoms with Crippen LogP contribution >= 0.6 is 11.8 Å². The maximum absolute atomic E-state index is 12.4. The zero-order valence-electron chi connectivity index (χ0n) is 14.0. The van der Waals surface area contributed by atoms with Crippen molar-refractivity contribution in [2.24, 2.45) is 0 Å². The summed E-state index contributed by atoms with van der Waals surface area (Å²) in [7, 11) is 1.68. The number of nitrogens with zero attached hydrogens (tertiary/aromatic N) is 1. The molecule has 1 unspecified atom stereocenters. The fourth-order valence-corrected chi connectivity index (χ4v) is 3.94. The van der Waals surface area contributed by atoms with Crippen molar-refractivity contribution in [3.8, 4) is 5.75 Å². The summed E-state index contributed by atoms with van der Waals surface area (Å²) in [5.74, 6) is 3.03. The zero-order chi connectivity index (χ0) is 16.8. The summed E-state index contributed by atoms with van der Waals surface area (Å²) in [4.78, 5) is 14.4. The Hall–Kier alpha value is -1.94. The van der Waals surface area contributed by atoms with Gasteiger partial charge in [-0.3, -0.25) is 4.79 Å². The molecule has 3 nitrogen and oxygen atoms in total. The van der Waals surface area contributed by atoms with Crippen molar-refractivity contribution in [3.05, 3.63) is 65.7 Å². The first-order chi connectivity index (χ1) is 11.8. The normalized spacial score (nSPS) is 17.0. The third-order valence-corrected chi connectivity index (χ3v) is 5.45. The molecule has 0 aliphatic carbocycles. The van der Waals surface area contributed by atoms with Gasteiger partial charge in [-0.15, -0.1) is 11.8 Å². The largest absolute Gasteiger partial charge is 0.497 e. The van der Waals surface area contributed by atoms with Crippen LogP contribution in [0.15, 0.2) is 54.6 Å². The number of likely N-dealkylation sites (tertiary alicyclic amines) is 1. The molecule has 0 bridgehead atoms. The van der Waals surface area contributed by atoms with Gasteiger partial charge in [-0.25, -0.2) is 0 Å². The quantitative estimate of drug-likeness (QED) is 0.797. The number of carbonyl (C=O) groups is 1. The molecule has 2 aromatic carbocycles. The lowest BCUT2D eigenvalue weighted by molar-refractivity contribution is -0.127. The molecule has 24 heavy (non-hydrogen) atoms. The molecule has 0 saturated carbocycles. The van der Waals surface area contributed by atoms with Crippen molar-refractivity contribution in [1.29, 1.82) is 0 Å². The summed E-state index contributed by atoms with van der Waals surface area (Å²) < 4.78 is 5.20. The van der Waals surface area contributed by atoms with Crippen LogP contribution in [-0.4, -0.2) is 36.8 Å². The topological polar surface area (TPSA) is 29.5 Å². The molecule has 1 aliphatic heterocycles. The summed E-state index contributed by atoms with van der Waals surface area (Å²) in [5.41, 5.74) is 2.57. The second-order valence-corrected chi connectivity index (χ2v) is 7.06. The molecule has 2 aromatic rings. The Morgan fingerprint density at radius 1 is 1.17 bits per heavy atom. The Balaban J connectivity index is 1.46. The van der Waals surface area contributed by atoms with Gasteiger partial charge in [-0.05, 0) is 29.7 Å². The maximum Gasteiger partial charge on any atom is 0.232 e. The number of benzene rings is 2. The van der Waals surface area contributed by atoms with E-state index in [1.165, 1.54) is 11.1 Å². The summed E-state index contributed by atoms with van der Waals surface area (Å²) >= 11 is 1.70. The van der Waals surface area contributed by atoms with Crippen molar-refractivity contribution in [3.63, 3.8) is 0 Å². The number of thioether (sulfide) groups is 1. The lowest BCUT2D eigenvalue weighted by Gasteiger charge is -2.16. The highest BCUT2D eigenvalue weighted by Crippen LogP contribution is 2.29. The average Bonchev–Trinajstić information content (AvgIpc) is 3.13. The van der Waals surface area contributed by atoms with E-state index in [0.717, 1.165) is 31.0 Å². The lowest BCUT2D eigenvalue weighted by atomic mass is 9.98. The highest BCUT2D eigenvalue weighted by atomic mass is 32.2. The minimum atomic E-state index is 0.256. The summed E-state index contributed by atoms with van der Waals surface area (Å²) in [5, 5.41) is 0. The average molecular weight is 341 g/mol. The van der Waals surface area contributed by atoms with Gasteiger partial charge >= 0.3 is 0 Å². The highest BCUT2D eigenvalue weighted by Gasteiger charge is 2.27. The molecule has 1 aliphatic rings. The molecule has 126 valence electrons. The first-order valence-corrected chi connectivity index (χ1v) is 9.45. The Morgan fingerprint density at radius 2 is 1.92 bits per heavy atom. The Bertz CT molecular complexity index is 657. The van der Waals surface area contributed by atoms with E-state index in [4.69, 9.17) is 4.74 Å². The fraction of sp³-hybridized carbons (Fsp3) is 0.350. The minimum absolute atomic E-state index is 0.256. The van der Waals surface area contributed by atoms with E-state index in [2.05, 4.69) is 24.3 Å². The van der Waals surface area contributed by atoms with Gasteiger partial charge in [-0.1, -0.05) is 42.5 Å². The van der Waals surface area contributed by atoms with Crippen molar-refractivity contribution >= 4 is 17.7 Å². The molecule has 1 saturated heterocycles. The molecule has 1 fully saturated rings. The van der Waals surface area contributed by atoms with Crippen LogP contribution in [0.3, 0.4) is 0 Å². The third-order valence-electron chi connectivity index (χ3n) is 4.47. The minimum Gasteiger partial charge on any atom is -0.497 e. The first-order valence-electron chi connectivity index (χ1n) is 8.29. The fourth-order valence-electron chi connectivity index (χ4n) is 3.06. The van der Waals surface area contributed by atoms with Crippen LogP contribution in [-0.2, 0) is 10.5 Å². The Morgan fingerprint density at radius 3 is 2.62 bits per heavy atom. The molecule has 0 radical (unpaired) electrons. The number of amides is 1. The second kappa shape index (κ2) is 8.25. The van der Waals surface area contributed by atoms with E-state index in [0.29, 0.717) is 11.7 Å². The van der Waals surface area contributed by atoms with Crippen molar-refractivity contribution < 1.29 is 9.53 Å². The predicted molar refractivity (Wildman–Crippen MR) is 99.5 cm³/mol. The monoisotopic (exact) mass is 341 g/mol. The van der Waals surface area contributed by atoms with Crippen LogP contribution in [0.25, 0.3) is 0 Å².